The van der Waals surface area contributed by atoms with E-state index < -0.39 is 0 Å². The molecule has 0 unspecified atom stereocenters. The van der Waals surface area contributed by atoms with E-state index in [2.05, 4.69) is 183 Å². The first-order valence-electron chi connectivity index (χ1n) is 16.3. The van der Waals surface area contributed by atoms with Crippen LogP contribution in [-0.4, -0.2) is 0 Å². The summed E-state index contributed by atoms with van der Waals surface area (Å²) in [6.45, 7) is 4.72. The summed E-state index contributed by atoms with van der Waals surface area (Å²) in [4.78, 5) is 2.46. The molecular formula is C45H33NS. The van der Waals surface area contributed by atoms with Gasteiger partial charge in [-0.3, -0.25) is 0 Å². The van der Waals surface area contributed by atoms with E-state index in [0.717, 1.165) is 17.1 Å². The zero-order chi connectivity index (χ0) is 31.5. The third kappa shape index (κ3) is 4.44. The van der Waals surface area contributed by atoms with Crippen molar-refractivity contribution >= 4 is 48.6 Å². The molecule has 0 saturated heterocycles. The highest BCUT2D eigenvalue weighted by atomic mass is 32.1. The van der Waals surface area contributed by atoms with Gasteiger partial charge in [0.1, 0.15) is 0 Å². The highest BCUT2D eigenvalue weighted by molar-refractivity contribution is 7.25. The van der Waals surface area contributed by atoms with Crippen LogP contribution in [0.1, 0.15) is 25.0 Å². The molecule has 0 aliphatic heterocycles. The monoisotopic (exact) mass is 619 g/mol. The third-order valence-corrected chi connectivity index (χ3v) is 11.0. The van der Waals surface area contributed by atoms with Gasteiger partial charge in [0.15, 0.2) is 0 Å². The van der Waals surface area contributed by atoms with Crippen LogP contribution in [0.15, 0.2) is 164 Å². The third-order valence-electron chi connectivity index (χ3n) is 9.88. The maximum absolute atomic E-state index is 2.46. The summed E-state index contributed by atoms with van der Waals surface area (Å²) in [5.41, 5.74) is 13.7. The van der Waals surface area contributed by atoms with Crippen molar-refractivity contribution in [2.24, 2.45) is 0 Å². The Kier molecular flexibility index (Phi) is 6.41. The summed E-state index contributed by atoms with van der Waals surface area (Å²) in [7, 11) is 0. The predicted molar refractivity (Wildman–Crippen MR) is 202 cm³/mol. The minimum atomic E-state index is -0.0732. The van der Waals surface area contributed by atoms with Crippen LogP contribution in [0.2, 0.25) is 0 Å². The predicted octanol–water partition coefficient (Wildman–Crippen LogP) is 13.2. The number of benzene rings is 7. The Morgan fingerprint density at radius 3 is 1.98 bits per heavy atom. The second-order valence-electron chi connectivity index (χ2n) is 12.9. The maximum atomic E-state index is 2.46. The first kappa shape index (κ1) is 27.8. The Morgan fingerprint density at radius 2 is 1.13 bits per heavy atom. The Balaban J connectivity index is 1.35. The summed E-state index contributed by atoms with van der Waals surface area (Å²) >= 11 is 1.86. The van der Waals surface area contributed by atoms with Crippen molar-refractivity contribution in [2.75, 3.05) is 4.90 Å². The van der Waals surface area contributed by atoms with Crippen LogP contribution in [0.25, 0.3) is 53.6 Å². The fourth-order valence-electron chi connectivity index (χ4n) is 7.59. The van der Waals surface area contributed by atoms with Crippen LogP contribution >= 0.6 is 11.3 Å². The van der Waals surface area contributed by atoms with Gasteiger partial charge in [0.2, 0.25) is 0 Å². The molecule has 0 atom stereocenters. The van der Waals surface area contributed by atoms with Gasteiger partial charge in [-0.1, -0.05) is 135 Å². The van der Waals surface area contributed by atoms with E-state index in [-0.39, 0.29) is 5.41 Å². The molecule has 1 nitrogen and oxygen atoms in total. The van der Waals surface area contributed by atoms with Crippen LogP contribution in [0.3, 0.4) is 0 Å². The van der Waals surface area contributed by atoms with Gasteiger partial charge in [0, 0.05) is 42.5 Å². The van der Waals surface area contributed by atoms with Crippen LogP contribution in [0.5, 0.6) is 0 Å². The minimum absolute atomic E-state index is 0.0732. The first-order chi connectivity index (χ1) is 23.1. The second-order valence-corrected chi connectivity index (χ2v) is 14.0. The molecule has 47 heavy (non-hydrogen) atoms. The molecule has 224 valence electrons. The van der Waals surface area contributed by atoms with Gasteiger partial charge < -0.3 is 4.90 Å². The number of para-hydroxylation sites is 1. The van der Waals surface area contributed by atoms with Crippen LogP contribution in [-0.2, 0) is 5.41 Å². The smallest absolute Gasteiger partial charge is 0.0546 e. The number of hydrogen-bond acceptors (Lipinski definition) is 2. The van der Waals surface area contributed by atoms with E-state index in [1.807, 2.05) is 11.3 Å². The molecule has 8 aromatic rings. The molecule has 0 radical (unpaired) electrons. The highest BCUT2D eigenvalue weighted by Crippen LogP contribution is 2.54. The topological polar surface area (TPSA) is 3.24 Å². The SMILES string of the molecule is CC1(C)c2ccccc2-c2c(-c3ccc(-c4ccccc4)cc3N(c3ccccc3)c3ccc4sc5ccccc5c4c3)cccc21. The standard InChI is InChI=1S/C45H33NS/c1-45(2)39-21-11-9-19-37(39)44-36(20-13-22-40(44)45)34-26-24-31(30-14-5-3-6-15-30)28-41(34)46(32-16-7-4-8-17-32)33-25-27-43-38(29-33)35-18-10-12-23-42(35)47-43/h3-29H,1-2H3. The first-order valence-corrected chi connectivity index (χ1v) is 17.1. The average Bonchev–Trinajstić information content (AvgIpc) is 3.61. The Labute approximate surface area is 280 Å². The fraction of sp³-hybridized carbons (Fsp3) is 0.0667. The van der Waals surface area contributed by atoms with Gasteiger partial charge in [-0.05, 0) is 81.4 Å². The summed E-state index contributed by atoms with van der Waals surface area (Å²) in [5.74, 6) is 0. The molecule has 0 saturated carbocycles. The number of hydrogen-bond donors (Lipinski definition) is 0. The van der Waals surface area contributed by atoms with Gasteiger partial charge in [-0.2, -0.15) is 0 Å². The summed E-state index contributed by atoms with van der Waals surface area (Å²) in [6.07, 6.45) is 0. The van der Waals surface area contributed by atoms with Crippen molar-refractivity contribution in [3.63, 3.8) is 0 Å². The quantitative estimate of drug-likeness (QED) is 0.185. The zero-order valence-corrected chi connectivity index (χ0v) is 27.3. The van der Waals surface area contributed by atoms with Crippen LogP contribution in [0, 0.1) is 0 Å². The van der Waals surface area contributed by atoms with Crippen molar-refractivity contribution in [2.45, 2.75) is 19.3 Å². The lowest BCUT2D eigenvalue weighted by Gasteiger charge is -2.29. The van der Waals surface area contributed by atoms with Crippen LogP contribution < -0.4 is 4.90 Å². The molecule has 0 amide bonds. The van der Waals surface area contributed by atoms with E-state index in [1.54, 1.807) is 0 Å². The van der Waals surface area contributed by atoms with E-state index in [0.29, 0.717) is 0 Å². The van der Waals surface area contributed by atoms with Gasteiger partial charge in [0.05, 0.1) is 5.69 Å². The summed E-state index contributed by atoms with van der Waals surface area (Å²) in [6, 6.07) is 60.1. The van der Waals surface area contributed by atoms with Crippen molar-refractivity contribution in [1.82, 2.24) is 0 Å². The maximum Gasteiger partial charge on any atom is 0.0546 e. The van der Waals surface area contributed by atoms with Gasteiger partial charge in [-0.15, -0.1) is 11.3 Å². The molecule has 7 aromatic carbocycles. The van der Waals surface area contributed by atoms with Crippen molar-refractivity contribution in [1.29, 1.82) is 0 Å². The molecule has 1 aromatic heterocycles. The number of anilines is 3. The molecule has 1 aliphatic carbocycles. The number of fused-ring (bicyclic) bond motifs is 6. The average molecular weight is 620 g/mol. The van der Waals surface area contributed by atoms with E-state index >= 15 is 0 Å². The minimum Gasteiger partial charge on any atom is -0.310 e. The molecule has 0 fully saturated rings. The molecule has 0 bridgehead atoms. The van der Waals surface area contributed by atoms with E-state index in [1.165, 1.54) is 64.7 Å². The van der Waals surface area contributed by atoms with E-state index in [4.69, 9.17) is 0 Å². The van der Waals surface area contributed by atoms with Crippen molar-refractivity contribution < 1.29 is 0 Å². The zero-order valence-electron chi connectivity index (χ0n) is 26.4. The van der Waals surface area contributed by atoms with Crippen molar-refractivity contribution in [3.05, 3.63) is 175 Å². The molecule has 1 heterocycles. The van der Waals surface area contributed by atoms with Gasteiger partial charge >= 0.3 is 0 Å². The number of thiophene rings is 1. The second kappa shape index (κ2) is 10.8. The lowest BCUT2D eigenvalue weighted by atomic mass is 9.82. The van der Waals surface area contributed by atoms with Gasteiger partial charge in [0.25, 0.3) is 0 Å². The highest BCUT2D eigenvalue weighted by Gasteiger charge is 2.37. The number of rotatable bonds is 5. The Morgan fingerprint density at radius 1 is 0.447 bits per heavy atom. The van der Waals surface area contributed by atoms with Crippen molar-refractivity contribution in [3.8, 4) is 33.4 Å². The Bertz CT molecular complexity index is 2440. The van der Waals surface area contributed by atoms with Crippen LogP contribution in [0.4, 0.5) is 17.1 Å². The molecular weight excluding hydrogens is 587 g/mol. The molecule has 2 heteroatoms. The lowest BCUT2D eigenvalue weighted by Crippen LogP contribution is -2.15. The summed E-state index contributed by atoms with van der Waals surface area (Å²) < 4.78 is 2.62. The number of nitrogens with zero attached hydrogens (tertiary/aromatic N) is 1. The fourth-order valence-corrected chi connectivity index (χ4v) is 8.68. The van der Waals surface area contributed by atoms with E-state index in [9.17, 15) is 0 Å². The van der Waals surface area contributed by atoms with Gasteiger partial charge in [-0.25, -0.2) is 0 Å². The molecule has 0 N–H and O–H groups in total. The normalized spacial score (nSPS) is 13.1. The molecule has 9 rings (SSSR count). The summed E-state index contributed by atoms with van der Waals surface area (Å²) in [5, 5.41) is 2.60. The molecule has 1 aliphatic rings. The lowest BCUT2D eigenvalue weighted by molar-refractivity contribution is 0.660. The largest absolute Gasteiger partial charge is 0.310 e. The Hall–Kier alpha value is -5.44. The molecule has 0 spiro atoms.